The third-order valence-corrected chi connectivity index (χ3v) is 5.95. The van der Waals surface area contributed by atoms with Crippen LogP contribution in [0.4, 0.5) is 10.1 Å². The van der Waals surface area contributed by atoms with Crippen molar-refractivity contribution in [2.24, 2.45) is 11.8 Å². The van der Waals surface area contributed by atoms with Gasteiger partial charge in [-0.05, 0) is 43.4 Å². The average Bonchev–Trinajstić information content (AvgIpc) is 3.24. The van der Waals surface area contributed by atoms with Crippen LogP contribution in [0.2, 0.25) is 0 Å². The molecule has 1 amide bonds. The SMILES string of the molecule is Cc1cccc(N2CC3CCC(NC(=O)[C@@H]4C[C@@H](F)CN4)C3C2)c1. The second-order valence-electron chi connectivity index (χ2n) is 7.65. The summed E-state index contributed by atoms with van der Waals surface area (Å²) in [4.78, 5) is 14.8. The van der Waals surface area contributed by atoms with Gasteiger partial charge < -0.3 is 15.5 Å². The highest BCUT2D eigenvalue weighted by molar-refractivity contribution is 5.82. The zero-order valence-electron chi connectivity index (χ0n) is 14.2. The summed E-state index contributed by atoms with van der Waals surface area (Å²) in [6, 6.07) is 8.52. The second-order valence-corrected chi connectivity index (χ2v) is 7.65. The summed E-state index contributed by atoms with van der Waals surface area (Å²) < 4.78 is 13.3. The Balaban J connectivity index is 1.38. The largest absolute Gasteiger partial charge is 0.371 e. The summed E-state index contributed by atoms with van der Waals surface area (Å²) in [7, 11) is 0. The Kier molecular flexibility index (Phi) is 4.21. The molecule has 1 aliphatic carbocycles. The fraction of sp³-hybridized carbons (Fsp3) is 0.632. The van der Waals surface area contributed by atoms with Gasteiger partial charge in [-0.15, -0.1) is 0 Å². The molecular formula is C19H26FN3O. The van der Waals surface area contributed by atoms with Crippen LogP contribution in [0, 0.1) is 18.8 Å². The van der Waals surface area contributed by atoms with E-state index in [-0.39, 0.29) is 18.0 Å². The van der Waals surface area contributed by atoms with Crippen LogP contribution in [-0.4, -0.2) is 43.8 Å². The van der Waals surface area contributed by atoms with Crippen molar-refractivity contribution in [3.05, 3.63) is 29.8 Å². The number of fused-ring (bicyclic) bond motifs is 1. The number of hydrogen-bond donors (Lipinski definition) is 2. The lowest BCUT2D eigenvalue weighted by Crippen LogP contribution is -2.47. The lowest BCUT2D eigenvalue weighted by Gasteiger charge is -2.24. The highest BCUT2D eigenvalue weighted by Gasteiger charge is 2.44. The highest BCUT2D eigenvalue weighted by atomic mass is 19.1. The molecule has 2 heterocycles. The van der Waals surface area contributed by atoms with Crippen LogP contribution < -0.4 is 15.5 Å². The number of halogens is 1. The first-order chi connectivity index (χ1) is 11.6. The number of nitrogens with zero attached hydrogens (tertiary/aromatic N) is 1. The summed E-state index contributed by atoms with van der Waals surface area (Å²) in [5, 5.41) is 6.18. The Morgan fingerprint density at radius 2 is 2.21 bits per heavy atom. The minimum atomic E-state index is -0.889. The minimum Gasteiger partial charge on any atom is -0.371 e. The van der Waals surface area contributed by atoms with Crippen molar-refractivity contribution in [3.63, 3.8) is 0 Å². The van der Waals surface area contributed by atoms with E-state index in [2.05, 4.69) is 46.7 Å². The second kappa shape index (κ2) is 6.36. The average molecular weight is 331 g/mol. The monoisotopic (exact) mass is 331 g/mol. The molecule has 0 radical (unpaired) electrons. The smallest absolute Gasteiger partial charge is 0.237 e. The Labute approximate surface area is 142 Å². The number of hydrogen-bond acceptors (Lipinski definition) is 3. The Hall–Kier alpha value is -1.62. The molecular weight excluding hydrogens is 305 g/mol. The van der Waals surface area contributed by atoms with Crippen LogP contribution in [-0.2, 0) is 4.79 Å². The standard InChI is InChI=1S/C19H26FN3O/c1-12-3-2-4-15(7-12)23-10-13-5-6-17(16(13)11-23)22-19(24)18-8-14(20)9-21-18/h2-4,7,13-14,16-18,21H,5-6,8-11H2,1H3,(H,22,24)/t13?,14-,16?,17?,18+/m1/s1. The van der Waals surface area contributed by atoms with E-state index in [0.717, 1.165) is 19.5 Å². The van der Waals surface area contributed by atoms with Crippen molar-refractivity contribution >= 4 is 11.6 Å². The number of amides is 1. The minimum absolute atomic E-state index is 0.0187. The maximum atomic E-state index is 13.3. The van der Waals surface area contributed by atoms with Gasteiger partial charge in [-0.3, -0.25) is 4.79 Å². The van der Waals surface area contributed by atoms with Gasteiger partial charge in [-0.2, -0.15) is 0 Å². The van der Waals surface area contributed by atoms with Gasteiger partial charge in [0.05, 0.1) is 6.04 Å². The molecule has 2 aliphatic heterocycles. The van der Waals surface area contributed by atoms with Crippen molar-refractivity contribution in [2.45, 2.75) is 44.4 Å². The van der Waals surface area contributed by atoms with Crippen LogP contribution in [0.1, 0.15) is 24.8 Å². The van der Waals surface area contributed by atoms with Crippen LogP contribution in [0.15, 0.2) is 24.3 Å². The molecule has 3 fully saturated rings. The summed E-state index contributed by atoms with van der Waals surface area (Å²) in [5.41, 5.74) is 2.56. The van der Waals surface area contributed by atoms with Crippen LogP contribution in [0.3, 0.4) is 0 Å². The number of benzene rings is 1. The topological polar surface area (TPSA) is 44.4 Å². The third-order valence-electron chi connectivity index (χ3n) is 5.95. The molecule has 130 valence electrons. The van der Waals surface area contributed by atoms with Gasteiger partial charge >= 0.3 is 0 Å². The lowest BCUT2D eigenvalue weighted by atomic mass is 9.97. The number of aryl methyl sites for hydroxylation is 1. The number of nitrogens with one attached hydrogen (secondary N) is 2. The van der Waals surface area contributed by atoms with Crippen LogP contribution in [0.5, 0.6) is 0 Å². The Morgan fingerprint density at radius 3 is 2.96 bits per heavy atom. The first-order valence-electron chi connectivity index (χ1n) is 9.09. The Morgan fingerprint density at radius 1 is 1.33 bits per heavy atom. The molecule has 4 rings (SSSR count). The maximum absolute atomic E-state index is 13.3. The van der Waals surface area contributed by atoms with Gasteiger partial charge in [-0.1, -0.05) is 12.1 Å². The Bertz CT molecular complexity index is 622. The number of anilines is 1. The molecule has 3 unspecified atom stereocenters. The molecule has 5 atom stereocenters. The van der Waals surface area contributed by atoms with Crippen molar-refractivity contribution in [1.82, 2.24) is 10.6 Å². The van der Waals surface area contributed by atoms with Gasteiger partial charge in [-0.25, -0.2) is 4.39 Å². The summed E-state index contributed by atoms with van der Waals surface area (Å²) in [5.74, 6) is 1.15. The van der Waals surface area contributed by atoms with Gasteiger partial charge in [0.15, 0.2) is 0 Å². The van der Waals surface area contributed by atoms with E-state index in [1.165, 1.54) is 17.7 Å². The van der Waals surface area contributed by atoms with Crippen molar-refractivity contribution in [1.29, 1.82) is 0 Å². The summed E-state index contributed by atoms with van der Waals surface area (Å²) in [6.45, 7) is 4.50. The molecule has 2 saturated heterocycles. The molecule has 0 bridgehead atoms. The number of rotatable bonds is 3. The normalized spacial score (nSPS) is 35.2. The molecule has 1 aromatic rings. The fourth-order valence-electron chi connectivity index (χ4n) is 4.66. The third kappa shape index (κ3) is 3.02. The predicted molar refractivity (Wildman–Crippen MR) is 92.8 cm³/mol. The highest BCUT2D eigenvalue weighted by Crippen LogP contribution is 2.40. The zero-order valence-corrected chi connectivity index (χ0v) is 14.2. The predicted octanol–water partition coefficient (Wildman–Crippen LogP) is 2.03. The van der Waals surface area contributed by atoms with E-state index in [1.54, 1.807) is 0 Å². The van der Waals surface area contributed by atoms with Crippen LogP contribution in [0.25, 0.3) is 0 Å². The van der Waals surface area contributed by atoms with E-state index >= 15 is 0 Å². The number of alkyl halides is 1. The van der Waals surface area contributed by atoms with E-state index in [9.17, 15) is 9.18 Å². The first-order valence-corrected chi connectivity index (χ1v) is 9.09. The van der Waals surface area contributed by atoms with E-state index in [4.69, 9.17) is 0 Å². The molecule has 0 spiro atoms. The zero-order chi connectivity index (χ0) is 16.7. The molecule has 3 aliphatic rings. The summed E-state index contributed by atoms with van der Waals surface area (Å²) in [6.07, 6.45) is 1.64. The number of carbonyl (C=O) groups excluding carboxylic acids is 1. The van der Waals surface area contributed by atoms with Gasteiger partial charge in [0.25, 0.3) is 0 Å². The summed E-state index contributed by atoms with van der Waals surface area (Å²) >= 11 is 0. The number of carbonyl (C=O) groups is 1. The van der Waals surface area contributed by atoms with E-state index < -0.39 is 6.17 Å². The maximum Gasteiger partial charge on any atom is 0.237 e. The molecule has 24 heavy (non-hydrogen) atoms. The van der Waals surface area contributed by atoms with Gasteiger partial charge in [0.2, 0.25) is 5.91 Å². The van der Waals surface area contributed by atoms with Gasteiger partial charge in [0.1, 0.15) is 6.17 Å². The van der Waals surface area contributed by atoms with Gasteiger partial charge in [0, 0.05) is 43.7 Å². The van der Waals surface area contributed by atoms with E-state index in [1.807, 2.05) is 0 Å². The molecule has 2 N–H and O–H groups in total. The van der Waals surface area contributed by atoms with Crippen molar-refractivity contribution in [2.75, 3.05) is 24.5 Å². The lowest BCUT2D eigenvalue weighted by molar-refractivity contribution is -0.123. The quantitative estimate of drug-likeness (QED) is 0.891. The molecule has 1 aromatic carbocycles. The molecule has 4 nitrogen and oxygen atoms in total. The van der Waals surface area contributed by atoms with Crippen molar-refractivity contribution < 1.29 is 9.18 Å². The molecule has 5 heteroatoms. The fourth-order valence-corrected chi connectivity index (χ4v) is 4.66. The van der Waals surface area contributed by atoms with Crippen molar-refractivity contribution in [3.8, 4) is 0 Å². The molecule has 0 aromatic heterocycles. The van der Waals surface area contributed by atoms with Crippen LogP contribution >= 0.6 is 0 Å². The first kappa shape index (κ1) is 15.9. The van der Waals surface area contributed by atoms with E-state index in [0.29, 0.717) is 24.8 Å². The molecule has 1 saturated carbocycles.